The number of hydrogen-bond acceptors (Lipinski definition) is 2. The van der Waals surface area contributed by atoms with E-state index in [0.717, 1.165) is 44.6 Å². The monoisotopic (exact) mass is 777 g/mol. The Bertz CT molecular complexity index is 3360. The maximum Gasteiger partial charge on any atom is 0.159 e. The fraction of sp³-hybridized carbons (Fsp3) is 0.0169. The lowest BCUT2D eigenvalue weighted by molar-refractivity contribution is 0.669. The normalized spacial score (nSPS) is 12.7. The van der Waals surface area contributed by atoms with Gasteiger partial charge in [-0.3, -0.25) is 0 Å². The summed E-state index contributed by atoms with van der Waals surface area (Å²) in [5.74, 6) is 0. The van der Waals surface area contributed by atoms with E-state index in [4.69, 9.17) is 4.42 Å². The molecule has 2 nitrogen and oxygen atoms in total. The van der Waals surface area contributed by atoms with Gasteiger partial charge in [-0.2, -0.15) is 0 Å². The number of nitrogens with zero attached hydrogens (tertiary/aromatic N) is 1. The van der Waals surface area contributed by atoms with E-state index in [0.29, 0.717) is 0 Å². The van der Waals surface area contributed by atoms with Crippen LogP contribution in [0.25, 0.3) is 66.1 Å². The van der Waals surface area contributed by atoms with Crippen molar-refractivity contribution in [1.29, 1.82) is 0 Å². The Kier molecular flexibility index (Phi) is 8.11. The van der Waals surface area contributed by atoms with Crippen LogP contribution in [0.15, 0.2) is 241 Å². The Morgan fingerprint density at radius 2 is 0.934 bits per heavy atom. The van der Waals surface area contributed by atoms with Crippen LogP contribution < -0.4 is 4.90 Å². The number of para-hydroxylation sites is 3. The van der Waals surface area contributed by atoms with Crippen LogP contribution in [0.2, 0.25) is 0 Å². The summed E-state index contributed by atoms with van der Waals surface area (Å²) in [6.07, 6.45) is 0. The molecule has 10 aromatic carbocycles. The molecule has 1 aliphatic carbocycles. The molecule has 0 saturated heterocycles. The molecular weight excluding hydrogens is 739 g/mol. The van der Waals surface area contributed by atoms with Crippen molar-refractivity contribution in [3.63, 3.8) is 0 Å². The van der Waals surface area contributed by atoms with Crippen molar-refractivity contribution in [2.75, 3.05) is 4.90 Å². The van der Waals surface area contributed by atoms with Crippen LogP contribution in [0.1, 0.15) is 22.3 Å². The molecule has 0 saturated carbocycles. The number of anilines is 3. The molecular formula is C59H39NO. The summed E-state index contributed by atoms with van der Waals surface area (Å²) in [7, 11) is 0. The van der Waals surface area contributed by atoms with E-state index in [1.54, 1.807) is 0 Å². The van der Waals surface area contributed by atoms with Crippen molar-refractivity contribution in [3.8, 4) is 33.4 Å². The smallest absolute Gasteiger partial charge is 0.159 e. The van der Waals surface area contributed by atoms with Crippen molar-refractivity contribution < 1.29 is 4.42 Å². The Labute approximate surface area is 355 Å². The van der Waals surface area contributed by atoms with Gasteiger partial charge in [-0.05, 0) is 115 Å². The fourth-order valence-electron chi connectivity index (χ4n) is 10.0. The highest BCUT2D eigenvalue weighted by Gasteiger charge is 2.46. The zero-order chi connectivity index (χ0) is 40.3. The van der Waals surface area contributed by atoms with Gasteiger partial charge in [-0.15, -0.1) is 0 Å². The number of furan rings is 1. The minimum absolute atomic E-state index is 0.488. The van der Waals surface area contributed by atoms with Gasteiger partial charge < -0.3 is 9.32 Å². The van der Waals surface area contributed by atoms with E-state index in [2.05, 4.69) is 229 Å². The molecule has 61 heavy (non-hydrogen) atoms. The van der Waals surface area contributed by atoms with Crippen LogP contribution in [0.3, 0.4) is 0 Å². The predicted molar refractivity (Wildman–Crippen MR) is 254 cm³/mol. The first-order valence-corrected chi connectivity index (χ1v) is 21.0. The third-order valence-electron chi connectivity index (χ3n) is 12.7. The maximum atomic E-state index is 6.54. The van der Waals surface area contributed by atoms with Gasteiger partial charge >= 0.3 is 0 Å². The average molecular weight is 778 g/mol. The molecule has 0 unspecified atom stereocenters. The second-order valence-electron chi connectivity index (χ2n) is 16.0. The molecule has 12 rings (SSSR count). The molecule has 0 aliphatic heterocycles. The van der Waals surface area contributed by atoms with Crippen LogP contribution in [0.4, 0.5) is 17.1 Å². The van der Waals surface area contributed by atoms with Crippen LogP contribution in [0, 0.1) is 0 Å². The zero-order valence-corrected chi connectivity index (χ0v) is 33.4. The number of fused-ring (bicyclic) bond motifs is 8. The van der Waals surface area contributed by atoms with Gasteiger partial charge in [-0.25, -0.2) is 0 Å². The number of benzene rings is 10. The molecule has 286 valence electrons. The van der Waals surface area contributed by atoms with Crippen molar-refractivity contribution in [2.45, 2.75) is 5.41 Å². The van der Waals surface area contributed by atoms with Crippen molar-refractivity contribution in [3.05, 3.63) is 259 Å². The summed E-state index contributed by atoms with van der Waals surface area (Å²) in [5.41, 5.74) is 16.9. The van der Waals surface area contributed by atoms with Gasteiger partial charge in [0.25, 0.3) is 0 Å². The second kappa shape index (κ2) is 14.1. The second-order valence-corrected chi connectivity index (χ2v) is 16.0. The van der Waals surface area contributed by atoms with Gasteiger partial charge in [0.1, 0.15) is 5.58 Å². The molecule has 1 heterocycles. The molecule has 11 aromatic rings. The van der Waals surface area contributed by atoms with E-state index >= 15 is 0 Å². The van der Waals surface area contributed by atoms with E-state index in [1.807, 2.05) is 12.1 Å². The van der Waals surface area contributed by atoms with Crippen LogP contribution in [-0.2, 0) is 5.41 Å². The minimum atomic E-state index is -0.488. The van der Waals surface area contributed by atoms with Crippen LogP contribution >= 0.6 is 0 Å². The molecule has 1 aliphatic rings. The Morgan fingerprint density at radius 3 is 1.69 bits per heavy atom. The standard InChI is InChI=1S/C59H39NO/c1-4-19-45(20-5-1)59(46-21-6-2-7-22-46)53-37-33-41-16-10-11-25-49(41)57(53)52-36-32-44(39-54(52)59)43-18-14-17-42(38-43)40-30-34-48(35-31-40)60(47-23-8-3-9-24-47)55-28-15-27-51-50-26-12-13-29-56(50)61-58(51)55/h1-39H. The maximum absolute atomic E-state index is 6.54. The summed E-state index contributed by atoms with van der Waals surface area (Å²) >= 11 is 0. The Hall–Kier alpha value is -7.94. The lowest BCUT2D eigenvalue weighted by Crippen LogP contribution is -2.28. The highest BCUT2D eigenvalue weighted by Crippen LogP contribution is 2.58. The van der Waals surface area contributed by atoms with Crippen molar-refractivity contribution >= 4 is 49.8 Å². The first-order chi connectivity index (χ1) is 30.3. The summed E-state index contributed by atoms with van der Waals surface area (Å²) in [5, 5.41) is 4.77. The van der Waals surface area contributed by atoms with Gasteiger partial charge in [0.15, 0.2) is 5.58 Å². The Morgan fingerprint density at radius 1 is 0.361 bits per heavy atom. The number of hydrogen-bond donors (Lipinski definition) is 0. The van der Waals surface area contributed by atoms with Gasteiger partial charge in [0.05, 0.1) is 11.1 Å². The highest BCUT2D eigenvalue weighted by atomic mass is 16.3. The molecule has 0 atom stereocenters. The van der Waals surface area contributed by atoms with Crippen LogP contribution in [0.5, 0.6) is 0 Å². The van der Waals surface area contributed by atoms with E-state index in [1.165, 1.54) is 60.8 Å². The van der Waals surface area contributed by atoms with Gasteiger partial charge in [0, 0.05) is 22.1 Å². The zero-order valence-electron chi connectivity index (χ0n) is 33.4. The largest absolute Gasteiger partial charge is 0.454 e. The molecule has 0 amide bonds. The molecule has 0 fully saturated rings. The third-order valence-corrected chi connectivity index (χ3v) is 12.7. The van der Waals surface area contributed by atoms with Gasteiger partial charge in [0.2, 0.25) is 0 Å². The first-order valence-electron chi connectivity index (χ1n) is 21.0. The lowest BCUT2D eigenvalue weighted by atomic mass is 9.67. The van der Waals surface area contributed by atoms with E-state index in [-0.39, 0.29) is 0 Å². The highest BCUT2D eigenvalue weighted by molar-refractivity contribution is 6.10. The molecule has 1 aromatic heterocycles. The van der Waals surface area contributed by atoms with Crippen LogP contribution in [-0.4, -0.2) is 0 Å². The summed E-state index contributed by atoms with van der Waals surface area (Å²) in [4.78, 5) is 2.29. The van der Waals surface area contributed by atoms with Crippen molar-refractivity contribution in [1.82, 2.24) is 0 Å². The Balaban J connectivity index is 0.975. The molecule has 0 N–H and O–H groups in total. The minimum Gasteiger partial charge on any atom is -0.454 e. The first kappa shape index (κ1) is 35.0. The quantitative estimate of drug-likeness (QED) is 0.160. The lowest BCUT2D eigenvalue weighted by Gasteiger charge is -2.34. The molecule has 0 spiro atoms. The van der Waals surface area contributed by atoms with Crippen molar-refractivity contribution in [2.24, 2.45) is 0 Å². The summed E-state index contributed by atoms with van der Waals surface area (Å²) < 4.78 is 6.54. The molecule has 0 radical (unpaired) electrons. The topological polar surface area (TPSA) is 16.4 Å². The summed E-state index contributed by atoms with van der Waals surface area (Å²) in [6, 6.07) is 85.9. The third kappa shape index (κ3) is 5.50. The van der Waals surface area contributed by atoms with E-state index in [9.17, 15) is 0 Å². The van der Waals surface area contributed by atoms with Gasteiger partial charge in [-0.1, -0.05) is 188 Å². The van der Waals surface area contributed by atoms with E-state index < -0.39 is 5.41 Å². The summed E-state index contributed by atoms with van der Waals surface area (Å²) in [6.45, 7) is 0. The SMILES string of the molecule is c1ccc(N(c2ccc(-c3cccc(-c4ccc5c(c4)C(c4ccccc4)(c4ccccc4)c4ccc6ccccc6c4-5)c3)cc2)c2cccc3c2oc2ccccc23)cc1. The predicted octanol–water partition coefficient (Wildman–Crippen LogP) is 15.9. The fourth-order valence-corrected chi connectivity index (χ4v) is 10.0. The number of rotatable bonds is 7. The average Bonchev–Trinajstić information content (AvgIpc) is 3.87. The molecule has 0 bridgehead atoms. The molecule has 2 heteroatoms.